The number of carbonyl (C=O) groups is 2. The Morgan fingerprint density at radius 3 is 2.49 bits per heavy atom. The van der Waals surface area contributed by atoms with Crippen LogP contribution < -0.4 is 20.7 Å². The van der Waals surface area contributed by atoms with Gasteiger partial charge in [-0.3, -0.25) is 14.6 Å². The molecule has 8 nitrogen and oxygen atoms in total. The van der Waals surface area contributed by atoms with Gasteiger partial charge in [-0.05, 0) is 61.5 Å². The van der Waals surface area contributed by atoms with E-state index in [1.165, 1.54) is 6.20 Å². The minimum atomic E-state index is -0.314. The third-order valence-electron chi connectivity index (χ3n) is 6.61. The van der Waals surface area contributed by atoms with E-state index < -0.39 is 0 Å². The van der Waals surface area contributed by atoms with E-state index in [4.69, 9.17) is 9.47 Å². The Morgan fingerprint density at radius 1 is 1.05 bits per heavy atom. The lowest BCUT2D eigenvalue weighted by molar-refractivity contribution is -0.112. The van der Waals surface area contributed by atoms with Crippen molar-refractivity contribution in [2.24, 2.45) is 0 Å². The number of pyridine rings is 1. The summed E-state index contributed by atoms with van der Waals surface area (Å²) in [6.07, 6.45) is 10.9. The molecule has 1 saturated heterocycles. The molecule has 1 fully saturated rings. The summed E-state index contributed by atoms with van der Waals surface area (Å²) in [5.74, 6) is -0.0220. The van der Waals surface area contributed by atoms with Crippen molar-refractivity contribution in [3.63, 3.8) is 0 Å². The number of anilines is 2. The van der Waals surface area contributed by atoms with Gasteiger partial charge in [-0.25, -0.2) is 0 Å². The molecule has 0 spiro atoms. The molecule has 1 aliphatic heterocycles. The molecule has 8 heteroatoms. The standard InChI is InChI=1S/C29H36N4O4/c1-29(2,3)20-7-10-23(26(17-20)37-22-11-14-30-15-12-22)28(35)32-24-13-16-31-18-25(24)33-27(34)19-5-8-21(36-4)9-6-19/h5-8,10,13,16-18,21-22,30H,9,11-12,14-15H2,1-4H3,(H,33,34)(H,31,32,35). The minimum absolute atomic E-state index is 0.0317. The zero-order chi connectivity index (χ0) is 26.4. The zero-order valence-electron chi connectivity index (χ0n) is 22.0. The number of nitrogens with one attached hydrogen (secondary N) is 3. The van der Waals surface area contributed by atoms with Gasteiger partial charge < -0.3 is 25.4 Å². The third-order valence-corrected chi connectivity index (χ3v) is 6.61. The second-order valence-corrected chi connectivity index (χ2v) is 10.4. The van der Waals surface area contributed by atoms with E-state index >= 15 is 0 Å². The van der Waals surface area contributed by atoms with Crippen molar-refractivity contribution in [3.05, 3.63) is 71.6 Å². The van der Waals surface area contributed by atoms with Crippen LogP contribution in [0.2, 0.25) is 0 Å². The van der Waals surface area contributed by atoms with E-state index in [0.717, 1.165) is 31.5 Å². The Bertz CT molecular complexity index is 1190. The van der Waals surface area contributed by atoms with Gasteiger partial charge >= 0.3 is 0 Å². The lowest BCUT2D eigenvalue weighted by Gasteiger charge is -2.27. The van der Waals surface area contributed by atoms with Crippen LogP contribution in [0.5, 0.6) is 5.75 Å². The van der Waals surface area contributed by atoms with Crippen molar-refractivity contribution < 1.29 is 19.1 Å². The molecule has 2 aromatic rings. The highest BCUT2D eigenvalue weighted by Crippen LogP contribution is 2.31. The summed E-state index contributed by atoms with van der Waals surface area (Å²) < 4.78 is 11.7. The molecular formula is C29H36N4O4. The van der Waals surface area contributed by atoms with Crippen LogP contribution in [-0.4, -0.2) is 49.2 Å². The number of piperidine rings is 1. The summed E-state index contributed by atoms with van der Waals surface area (Å²) in [6.45, 7) is 8.18. The fourth-order valence-corrected chi connectivity index (χ4v) is 4.30. The number of amides is 2. The minimum Gasteiger partial charge on any atom is -0.489 e. The van der Waals surface area contributed by atoms with E-state index in [1.54, 1.807) is 25.4 Å². The van der Waals surface area contributed by atoms with Crippen LogP contribution in [0.3, 0.4) is 0 Å². The molecule has 1 aliphatic carbocycles. The number of nitrogens with zero attached hydrogens (tertiary/aromatic N) is 1. The van der Waals surface area contributed by atoms with Crippen LogP contribution in [0.1, 0.15) is 56.0 Å². The molecule has 1 aromatic heterocycles. The number of methoxy groups -OCH3 is 1. The quantitative estimate of drug-likeness (QED) is 0.509. The third kappa shape index (κ3) is 6.84. The lowest BCUT2D eigenvalue weighted by atomic mass is 9.86. The molecule has 2 amide bonds. The first-order chi connectivity index (χ1) is 17.7. The Morgan fingerprint density at radius 2 is 1.81 bits per heavy atom. The zero-order valence-corrected chi connectivity index (χ0v) is 22.0. The normalized spacial score (nSPS) is 18.2. The van der Waals surface area contributed by atoms with Crippen LogP contribution >= 0.6 is 0 Å². The molecule has 1 unspecified atom stereocenters. The number of hydrogen-bond acceptors (Lipinski definition) is 6. The summed E-state index contributed by atoms with van der Waals surface area (Å²) in [5, 5.41) is 9.15. The van der Waals surface area contributed by atoms with Gasteiger partial charge in [-0.1, -0.05) is 45.1 Å². The van der Waals surface area contributed by atoms with Crippen molar-refractivity contribution in [3.8, 4) is 5.75 Å². The molecule has 1 aromatic carbocycles. The smallest absolute Gasteiger partial charge is 0.259 e. The van der Waals surface area contributed by atoms with Crippen LogP contribution in [0.15, 0.2) is 60.5 Å². The van der Waals surface area contributed by atoms with E-state index in [-0.39, 0.29) is 29.4 Å². The van der Waals surface area contributed by atoms with Crippen molar-refractivity contribution in [1.82, 2.24) is 10.3 Å². The number of ether oxygens (including phenoxy) is 2. The van der Waals surface area contributed by atoms with Gasteiger partial charge in [-0.15, -0.1) is 0 Å². The number of hydrogen-bond donors (Lipinski definition) is 3. The highest BCUT2D eigenvalue weighted by Gasteiger charge is 2.23. The van der Waals surface area contributed by atoms with Crippen molar-refractivity contribution in [2.45, 2.75) is 57.7 Å². The Kier molecular flexibility index (Phi) is 8.41. The number of rotatable bonds is 7. The van der Waals surface area contributed by atoms with Crippen LogP contribution in [0, 0.1) is 0 Å². The largest absolute Gasteiger partial charge is 0.489 e. The van der Waals surface area contributed by atoms with Gasteiger partial charge in [0.15, 0.2) is 0 Å². The first-order valence-electron chi connectivity index (χ1n) is 12.7. The molecule has 4 rings (SSSR count). The van der Waals surface area contributed by atoms with Crippen molar-refractivity contribution in [1.29, 1.82) is 0 Å². The first kappa shape index (κ1) is 26.6. The molecule has 0 bridgehead atoms. The van der Waals surface area contributed by atoms with E-state index in [1.807, 2.05) is 30.4 Å². The maximum Gasteiger partial charge on any atom is 0.259 e. The molecular weight excluding hydrogens is 468 g/mol. The van der Waals surface area contributed by atoms with Crippen LogP contribution in [-0.2, 0) is 14.9 Å². The van der Waals surface area contributed by atoms with Crippen LogP contribution in [0.25, 0.3) is 0 Å². The predicted molar refractivity (Wildman–Crippen MR) is 145 cm³/mol. The van der Waals surface area contributed by atoms with Gasteiger partial charge in [0, 0.05) is 18.9 Å². The highest BCUT2D eigenvalue weighted by molar-refractivity contribution is 6.11. The summed E-state index contributed by atoms with van der Waals surface area (Å²) in [4.78, 5) is 30.4. The maximum absolute atomic E-state index is 13.5. The second-order valence-electron chi connectivity index (χ2n) is 10.4. The van der Waals surface area contributed by atoms with Crippen molar-refractivity contribution >= 4 is 23.2 Å². The van der Waals surface area contributed by atoms with Gasteiger partial charge in [0.1, 0.15) is 11.9 Å². The molecule has 0 radical (unpaired) electrons. The van der Waals surface area contributed by atoms with Gasteiger partial charge in [-0.2, -0.15) is 0 Å². The molecule has 2 aliphatic rings. The fraction of sp³-hybridized carbons (Fsp3) is 0.414. The topological polar surface area (TPSA) is 102 Å². The average Bonchev–Trinajstić information content (AvgIpc) is 2.90. The number of aromatic nitrogens is 1. The average molecular weight is 505 g/mol. The molecule has 3 N–H and O–H groups in total. The van der Waals surface area contributed by atoms with Gasteiger partial charge in [0.25, 0.3) is 11.8 Å². The number of benzene rings is 1. The Labute approximate surface area is 218 Å². The molecule has 2 heterocycles. The van der Waals surface area contributed by atoms with E-state index in [9.17, 15) is 9.59 Å². The summed E-state index contributed by atoms with van der Waals surface area (Å²) in [5.41, 5.74) is 2.85. The summed E-state index contributed by atoms with van der Waals surface area (Å²) >= 11 is 0. The SMILES string of the molecule is COC1C=CC(C(=O)Nc2cnccc2NC(=O)c2ccc(C(C)(C)C)cc2OC2CCNCC2)=CC1. The van der Waals surface area contributed by atoms with E-state index in [2.05, 4.69) is 41.7 Å². The monoisotopic (exact) mass is 504 g/mol. The van der Waals surface area contributed by atoms with Gasteiger partial charge in [0.05, 0.1) is 29.2 Å². The second kappa shape index (κ2) is 11.7. The Hall–Kier alpha value is -3.49. The Balaban J connectivity index is 1.54. The molecule has 0 saturated carbocycles. The summed E-state index contributed by atoms with van der Waals surface area (Å²) in [7, 11) is 1.64. The number of carbonyl (C=O) groups excluding carboxylic acids is 2. The summed E-state index contributed by atoms with van der Waals surface area (Å²) in [6, 6.07) is 7.42. The predicted octanol–water partition coefficient (Wildman–Crippen LogP) is 4.60. The van der Waals surface area contributed by atoms with Crippen molar-refractivity contribution in [2.75, 3.05) is 30.8 Å². The highest BCUT2D eigenvalue weighted by atomic mass is 16.5. The first-order valence-corrected chi connectivity index (χ1v) is 12.7. The molecule has 196 valence electrons. The van der Waals surface area contributed by atoms with E-state index in [0.29, 0.717) is 34.7 Å². The van der Waals surface area contributed by atoms with Crippen LogP contribution in [0.4, 0.5) is 11.4 Å². The molecule has 1 atom stereocenters. The maximum atomic E-state index is 13.5. The molecule has 37 heavy (non-hydrogen) atoms. The fourth-order valence-electron chi connectivity index (χ4n) is 4.30. The lowest BCUT2D eigenvalue weighted by Crippen LogP contribution is -2.34. The van der Waals surface area contributed by atoms with Gasteiger partial charge in [0.2, 0.25) is 0 Å².